The highest BCUT2D eigenvalue weighted by Gasteiger charge is 2.16. The van der Waals surface area contributed by atoms with Crippen molar-refractivity contribution >= 4 is 43.2 Å². The topological polar surface area (TPSA) is 55.9 Å². The SMILES string of the molecule is Cn1nccc1CCC(NN)c1cc(Br)sc1Br. The number of thiophene rings is 1. The van der Waals surface area contributed by atoms with Crippen molar-refractivity contribution in [3.8, 4) is 0 Å². The number of aromatic nitrogens is 2. The minimum absolute atomic E-state index is 0.136. The highest BCUT2D eigenvalue weighted by Crippen LogP contribution is 2.36. The van der Waals surface area contributed by atoms with Crippen LogP contribution in [0.1, 0.15) is 23.7 Å². The van der Waals surface area contributed by atoms with Crippen LogP contribution in [0.3, 0.4) is 0 Å². The molecule has 18 heavy (non-hydrogen) atoms. The van der Waals surface area contributed by atoms with Crippen molar-refractivity contribution in [2.75, 3.05) is 0 Å². The average molecular weight is 394 g/mol. The zero-order valence-corrected chi connectivity index (χ0v) is 13.8. The monoisotopic (exact) mass is 392 g/mol. The number of halogens is 2. The molecule has 2 aromatic rings. The van der Waals surface area contributed by atoms with Gasteiger partial charge in [-0.15, -0.1) is 11.3 Å². The van der Waals surface area contributed by atoms with Crippen LogP contribution in [0.2, 0.25) is 0 Å². The van der Waals surface area contributed by atoms with Gasteiger partial charge in [0.05, 0.1) is 7.57 Å². The fourth-order valence-corrected chi connectivity index (χ4v) is 4.83. The van der Waals surface area contributed by atoms with E-state index in [1.54, 1.807) is 11.3 Å². The molecule has 0 spiro atoms. The number of nitrogens with zero attached hydrogens (tertiary/aromatic N) is 2. The molecule has 0 fully saturated rings. The molecule has 2 aromatic heterocycles. The summed E-state index contributed by atoms with van der Waals surface area (Å²) in [6.07, 6.45) is 3.68. The molecule has 2 heterocycles. The van der Waals surface area contributed by atoms with Gasteiger partial charge in [0.25, 0.3) is 0 Å². The number of hydrazine groups is 1. The van der Waals surface area contributed by atoms with E-state index in [4.69, 9.17) is 5.84 Å². The van der Waals surface area contributed by atoms with Gasteiger partial charge >= 0.3 is 0 Å². The predicted molar refractivity (Wildman–Crippen MR) is 81.3 cm³/mol. The van der Waals surface area contributed by atoms with E-state index < -0.39 is 0 Å². The van der Waals surface area contributed by atoms with Crippen LogP contribution in [0.5, 0.6) is 0 Å². The Morgan fingerprint density at radius 1 is 1.56 bits per heavy atom. The van der Waals surface area contributed by atoms with Crippen molar-refractivity contribution in [3.05, 3.63) is 37.2 Å². The van der Waals surface area contributed by atoms with E-state index in [9.17, 15) is 0 Å². The number of nitrogens with two attached hydrogens (primary N) is 1. The van der Waals surface area contributed by atoms with Crippen LogP contribution < -0.4 is 11.3 Å². The second-order valence-electron chi connectivity index (χ2n) is 3.98. The van der Waals surface area contributed by atoms with Gasteiger partial charge < -0.3 is 0 Å². The summed E-state index contributed by atoms with van der Waals surface area (Å²) in [6, 6.07) is 4.27. The third-order valence-electron chi connectivity index (χ3n) is 2.87. The van der Waals surface area contributed by atoms with Crippen LogP contribution in [0, 0.1) is 0 Å². The molecule has 0 aliphatic heterocycles. The normalized spacial score (nSPS) is 12.9. The lowest BCUT2D eigenvalue weighted by atomic mass is 10.0. The Morgan fingerprint density at radius 2 is 2.33 bits per heavy atom. The quantitative estimate of drug-likeness (QED) is 0.606. The maximum Gasteiger partial charge on any atom is 0.0758 e. The fourth-order valence-electron chi connectivity index (χ4n) is 1.86. The fraction of sp³-hybridized carbons (Fsp3) is 0.364. The molecule has 0 aromatic carbocycles. The summed E-state index contributed by atoms with van der Waals surface area (Å²) in [5.41, 5.74) is 5.28. The van der Waals surface area contributed by atoms with E-state index in [0.717, 1.165) is 20.4 Å². The standard InChI is InChI=1S/C11H14Br2N4S/c1-17-7(4-5-15-17)2-3-9(16-14)8-6-10(12)18-11(8)13/h4-6,9,16H,2-3,14H2,1H3. The highest BCUT2D eigenvalue weighted by molar-refractivity contribution is 9.12. The largest absolute Gasteiger partial charge is 0.273 e. The second-order valence-corrected chi connectivity index (χ2v) is 7.73. The van der Waals surface area contributed by atoms with E-state index in [1.165, 1.54) is 11.3 Å². The van der Waals surface area contributed by atoms with Crippen molar-refractivity contribution in [3.63, 3.8) is 0 Å². The minimum Gasteiger partial charge on any atom is -0.273 e. The molecule has 1 atom stereocenters. The first-order valence-corrected chi connectivity index (χ1v) is 7.89. The summed E-state index contributed by atoms with van der Waals surface area (Å²) in [6.45, 7) is 0. The molecular weight excluding hydrogens is 380 g/mol. The Bertz CT molecular complexity index is 523. The molecule has 3 N–H and O–H groups in total. The number of rotatable bonds is 5. The Kier molecular flexibility index (Phi) is 4.97. The summed E-state index contributed by atoms with van der Waals surface area (Å²) in [5.74, 6) is 5.66. The molecule has 98 valence electrons. The van der Waals surface area contributed by atoms with Crippen molar-refractivity contribution < 1.29 is 0 Å². The number of hydrogen-bond acceptors (Lipinski definition) is 4. The van der Waals surface area contributed by atoms with Crippen LogP contribution in [0.25, 0.3) is 0 Å². The molecule has 2 rings (SSSR count). The lowest BCUT2D eigenvalue weighted by Crippen LogP contribution is -2.28. The van der Waals surface area contributed by atoms with Crippen LogP contribution in [-0.4, -0.2) is 9.78 Å². The highest BCUT2D eigenvalue weighted by atomic mass is 79.9. The van der Waals surface area contributed by atoms with E-state index in [1.807, 2.05) is 24.0 Å². The van der Waals surface area contributed by atoms with Crippen molar-refractivity contribution in [1.29, 1.82) is 0 Å². The zero-order chi connectivity index (χ0) is 13.1. The van der Waals surface area contributed by atoms with Crippen LogP contribution in [0.15, 0.2) is 25.9 Å². The first kappa shape index (κ1) is 14.2. The van der Waals surface area contributed by atoms with Gasteiger partial charge in [-0.3, -0.25) is 16.0 Å². The van der Waals surface area contributed by atoms with Crippen LogP contribution >= 0.6 is 43.2 Å². The maximum atomic E-state index is 5.66. The summed E-state index contributed by atoms with van der Waals surface area (Å²) in [5, 5.41) is 4.17. The zero-order valence-electron chi connectivity index (χ0n) is 9.86. The van der Waals surface area contributed by atoms with Crippen molar-refractivity contribution in [2.24, 2.45) is 12.9 Å². The average Bonchev–Trinajstić information content (AvgIpc) is 2.87. The van der Waals surface area contributed by atoms with Gasteiger partial charge in [0.1, 0.15) is 0 Å². The van der Waals surface area contributed by atoms with Crippen molar-refractivity contribution in [2.45, 2.75) is 18.9 Å². The van der Waals surface area contributed by atoms with E-state index in [2.05, 4.69) is 48.5 Å². The lowest BCUT2D eigenvalue weighted by Gasteiger charge is -2.15. The van der Waals surface area contributed by atoms with Gasteiger partial charge in [-0.2, -0.15) is 5.10 Å². The molecule has 0 amide bonds. The molecule has 0 saturated heterocycles. The number of aryl methyl sites for hydroxylation is 2. The predicted octanol–water partition coefficient (Wildman–Crippen LogP) is 3.14. The number of nitrogens with one attached hydrogen (secondary N) is 1. The van der Waals surface area contributed by atoms with Gasteiger partial charge in [-0.05, 0) is 62.4 Å². The van der Waals surface area contributed by atoms with Gasteiger partial charge in [0.15, 0.2) is 0 Å². The minimum atomic E-state index is 0.136. The summed E-state index contributed by atoms with van der Waals surface area (Å²) < 4.78 is 4.11. The summed E-state index contributed by atoms with van der Waals surface area (Å²) in [7, 11) is 1.96. The first-order valence-electron chi connectivity index (χ1n) is 5.49. The Balaban J connectivity index is 2.06. The molecular formula is C11H14Br2N4S. The molecule has 7 heteroatoms. The van der Waals surface area contributed by atoms with E-state index in [-0.39, 0.29) is 6.04 Å². The van der Waals surface area contributed by atoms with E-state index >= 15 is 0 Å². The molecule has 0 radical (unpaired) electrons. The molecule has 0 aliphatic carbocycles. The summed E-state index contributed by atoms with van der Waals surface area (Å²) >= 11 is 8.71. The summed E-state index contributed by atoms with van der Waals surface area (Å²) in [4.78, 5) is 0. The molecule has 0 saturated carbocycles. The van der Waals surface area contributed by atoms with Crippen LogP contribution in [0.4, 0.5) is 0 Å². The lowest BCUT2D eigenvalue weighted by molar-refractivity contribution is 0.506. The third kappa shape index (κ3) is 3.21. The molecule has 4 nitrogen and oxygen atoms in total. The molecule has 0 bridgehead atoms. The van der Waals surface area contributed by atoms with Gasteiger partial charge in [0.2, 0.25) is 0 Å². The van der Waals surface area contributed by atoms with Crippen molar-refractivity contribution in [1.82, 2.24) is 15.2 Å². The Hall–Kier alpha value is -0.210. The Labute approximate surface area is 127 Å². The van der Waals surface area contributed by atoms with E-state index in [0.29, 0.717) is 0 Å². The van der Waals surface area contributed by atoms with Crippen LogP contribution in [-0.2, 0) is 13.5 Å². The van der Waals surface area contributed by atoms with Gasteiger partial charge in [-0.25, -0.2) is 0 Å². The molecule has 0 aliphatic rings. The Morgan fingerprint density at radius 3 is 2.83 bits per heavy atom. The second kappa shape index (κ2) is 6.29. The first-order chi connectivity index (χ1) is 8.61. The number of hydrogen-bond donors (Lipinski definition) is 2. The third-order valence-corrected chi connectivity index (χ3v) is 5.26. The van der Waals surface area contributed by atoms with Gasteiger partial charge in [-0.1, -0.05) is 0 Å². The maximum absolute atomic E-state index is 5.66. The molecule has 1 unspecified atom stereocenters. The smallest absolute Gasteiger partial charge is 0.0758 e. The van der Waals surface area contributed by atoms with Gasteiger partial charge in [0, 0.05) is 25.0 Å².